The van der Waals surface area contributed by atoms with Gasteiger partial charge in [0.15, 0.2) is 0 Å². The lowest BCUT2D eigenvalue weighted by atomic mass is 9.87. The van der Waals surface area contributed by atoms with Crippen molar-refractivity contribution in [1.82, 2.24) is 5.32 Å². The molecule has 0 heterocycles. The smallest absolute Gasteiger partial charge is 0.120 e. The first-order valence-electron chi connectivity index (χ1n) is 6.94. The van der Waals surface area contributed by atoms with Gasteiger partial charge in [-0.3, -0.25) is 0 Å². The molecule has 1 rings (SSSR count). The van der Waals surface area contributed by atoms with Crippen molar-refractivity contribution in [3.05, 3.63) is 0 Å². The zero-order valence-corrected chi connectivity index (χ0v) is 11.8. The van der Waals surface area contributed by atoms with Crippen molar-refractivity contribution < 1.29 is 4.84 Å². The predicted molar refractivity (Wildman–Crippen MR) is 73.3 cm³/mol. The van der Waals surface area contributed by atoms with Gasteiger partial charge in [-0.05, 0) is 57.9 Å². The fraction of sp³-hybridized carbons (Fsp3) is 0.929. The minimum atomic E-state index is 0.661. The van der Waals surface area contributed by atoms with E-state index < -0.39 is 0 Å². The predicted octanol–water partition coefficient (Wildman–Crippen LogP) is 3.20. The molecule has 0 spiro atoms. The highest BCUT2D eigenvalue weighted by atomic mass is 16.6. The third-order valence-electron chi connectivity index (χ3n) is 3.49. The average Bonchev–Trinajstić information content (AvgIpc) is 2.29. The molecule has 0 aliphatic heterocycles. The topological polar surface area (TPSA) is 33.6 Å². The third kappa shape index (κ3) is 6.06. The fourth-order valence-electron chi connectivity index (χ4n) is 2.50. The molecule has 0 amide bonds. The van der Waals surface area contributed by atoms with Crippen molar-refractivity contribution >= 4 is 5.71 Å². The standard InChI is InChI=1S/C14H28N2O/c1-11(2)9-12(3)16-17-10-13-5-7-14(15-4)8-6-13/h11,13-15H,5-10H2,1-4H3. The van der Waals surface area contributed by atoms with Crippen LogP contribution in [0.15, 0.2) is 5.16 Å². The van der Waals surface area contributed by atoms with Crippen LogP contribution in [-0.2, 0) is 4.84 Å². The molecule has 0 aromatic heterocycles. The quantitative estimate of drug-likeness (QED) is 0.571. The first-order chi connectivity index (χ1) is 8.11. The number of hydrogen-bond acceptors (Lipinski definition) is 3. The first kappa shape index (κ1) is 14.5. The van der Waals surface area contributed by atoms with Gasteiger partial charge in [-0.25, -0.2) is 0 Å². The van der Waals surface area contributed by atoms with Gasteiger partial charge in [0.1, 0.15) is 6.61 Å². The van der Waals surface area contributed by atoms with Crippen LogP contribution in [0.1, 0.15) is 52.9 Å². The molecule has 1 saturated carbocycles. The maximum atomic E-state index is 5.47. The Morgan fingerprint density at radius 3 is 2.47 bits per heavy atom. The van der Waals surface area contributed by atoms with E-state index in [-0.39, 0.29) is 0 Å². The third-order valence-corrected chi connectivity index (χ3v) is 3.49. The summed E-state index contributed by atoms with van der Waals surface area (Å²) >= 11 is 0. The zero-order valence-electron chi connectivity index (χ0n) is 11.8. The minimum Gasteiger partial charge on any atom is -0.396 e. The van der Waals surface area contributed by atoms with E-state index in [0.717, 1.165) is 24.8 Å². The van der Waals surface area contributed by atoms with Gasteiger partial charge in [-0.15, -0.1) is 0 Å². The molecule has 1 fully saturated rings. The molecule has 1 aliphatic carbocycles. The molecule has 1 aliphatic rings. The second-order valence-electron chi connectivity index (χ2n) is 5.73. The van der Waals surface area contributed by atoms with Gasteiger partial charge in [0.05, 0.1) is 5.71 Å². The number of nitrogens with one attached hydrogen (secondary N) is 1. The SMILES string of the molecule is CNC1CCC(CON=C(C)CC(C)C)CC1. The lowest BCUT2D eigenvalue weighted by Gasteiger charge is -2.27. The van der Waals surface area contributed by atoms with Gasteiger partial charge in [0, 0.05) is 6.04 Å². The van der Waals surface area contributed by atoms with E-state index in [9.17, 15) is 0 Å². The highest BCUT2D eigenvalue weighted by molar-refractivity contribution is 5.81. The Balaban J connectivity index is 2.15. The Labute approximate surface area is 106 Å². The van der Waals surface area contributed by atoms with Crippen LogP contribution >= 0.6 is 0 Å². The van der Waals surface area contributed by atoms with E-state index in [4.69, 9.17) is 4.84 Å². The molecule has 0 radical (unpaired) electrons. The Hall–Kier alpha value is -0.570. The van der Waals surface area contributed by atoms with Gasteiger partial charge >= 0.3 is 0 Å². The normalized spacial score (nSPS) is 26.3. The molecule has 0 saturated heterocycles. The van der Waals surface area contributed by atoms with Gasteiger partial charge in [0.2, 0.25) is 0 Å². The molecule has 3 nitrogen and oxygen atoms in total. The Kier molecular flexibility index (Phi) is 6.56. The van der Waals surface area contributed by atoms with Crippen LogP contribution in [0, 0.1) is 11.8 Å². The lowest BCUT2D eigenvalue weighted by molar-refractivity contribution is 0.0866. The summed E-state index contributed by atoms with van der Waals surface area (Å²) in [5.74, 6) is 1.36. The van der Waals surface area contributed by atoms with Crippen molar-refractivity contribution in [3.8, 4) is 0 Å². The first-order valence-corrected chi connectivity index (χ1v) is 6.94. The highest BCUT2D eigenvalue weighted by Gasteiger charge is 2.20. The largest absolute Gasteiger partial charge is 0.396 e. The summed E-state index contributed by atoms with van der Waals surface area (Å²) in [6.07, 6.45) is 6.12. The van der Waals surface area contributed by atoms with E-state index in [1.165, 1.54) is 25.7 Å². The van der Waals surface area contributed by atoms with Crippen molar-refractivity contribution in [3.63, 3.8) is 0 Å². The molecule has 3 heteroatoms. The molecule has 0 aromatic carbocycles. The molecule has 0 unspecified atom stereocenters. The van der Waals surface area contributed by atoms with Gasteiger partial charge in [-0.2, -0.15) is 0 Å². The van der Waals surface area contributed by atoms with E-state index in [1.54, 1.807) is 0 Å². The summed E-state index contributed by atoms with van der Waals surface area (Å²) in [4.78, 5) is 5.47. The monoisotopic (exact) mass is 240 g/mol. The summed E-state index contributed by atoms with van der Waals surface area (Å²) in [6.45, 7) is 7.26. The van der Waals surface area contributed by atoms with Gasteiger partial charge in [-0.1, -0.05) is 19.0 Å². The maximum absolute atomic E-state index is 5.47. The molecule has 1 N–H and O–H groups in total. The Morgan fingerprint density at radius 1 is 1.29 bits per heavy atom. The van der Waals surface area contributed by atoms with Crippen LogP contribution in [0.5, 0.6) is 0 Å². The average molecular weight is 240 g/mol. The summed E-state index contributed by atoms with van der Waals surface area (Å²) in [6, 6.07) is 0.720. The number of rotatable bonds is 6. The molecule has 100 valence electrons. The Bertz CT molecular complexity index is 230. The summed E-state index contributed by atoms with van der Waals surface area (Å²) < 4.78 is 0. The van der Waals surface area contributed by atoms with Crippen molar-refractivity contribution in [2.45, 2.75) is 58.9 Å². The zero-order chi connectivity index (χ0) is 12.7. The second-order valence-corrected chi connectivity index (χ2v) is 5.73. The lowest BCUT2D eigenvalue weighted by Crippen LogP contribution is -2.31. The summed E-state index contributed by atoms with van der Waals surface area (Å²) in [5, 5.41) is 7.55. The van der Waals surface area contributed by atoms with Crippen molar-refractivity contribution in [2.24, 2.45) is 17.0 Å². The maximum Gasteiger partial charge on any atom is 0.120 e. The second kappa shape index (κ2) is 7.70. The molecule has 17 heavy (non-hydrogen) atoms. The highest BCUT2D eigenvalue weighted by Crippen LogP contribution is 2.24. The molecule has 0 atom stereocenters. The fourth-order valence-corrected chi connectivity index (χ4v) is 2.50. The van der Waals surface area contributed by atoms with Crippen molar-refractivity contribution in [1.29, 1.82) is 0 Å². The molecule has 0 aromatic rings. The molecular formula is C14H28N2O. The van der Waals surface area contributed by atoms with Gasteiger partial charge in [0.25, 0.3) is 0 Å². The van der Waals surface area contributed by atoms with Crippen LogP contribution < -0.4 is 5.32 Å². The van der Waals surface area contributed by atoms with Crippen LogP contribution in [0.2, 0.25) is 0 Å². The van der Waals surface area contributed by atoms with Crippen molar-refractivity contribution in [2.75, 3.05) is 13.7 Å². The van der Waals surface area contributed by atoms with E-state index >= 15 is 0 Å². The summed E-state index contributed by atoms with van der Waals surface area (Å²) in [5.41, 5.74) is 1.11. The van der Waals surface area contributed by atoms with Crippen LogP contribution in [0.25, 0.3) is 0 Å². The van der Waals surface area contributed by atoms with E-state index in [1.807, 2.05) is 0 Å². The summed E-state index contributed by atoms with van der Waals surface area (Å²) in [7, 11) is 2.06. The number of nitrogens with zero attached hydrogens (tertiary/aromatic N) is 1. The number of hydrogen-bond donors (Lipinski definition) is 1. The minimum absolute atomic E-state index is 0.661. The van der Waals surface area contributed by atoms with Crippen LogP contribution in [0.3, 0.4) is 0 Å². The molecular weight excluding hydrogens is 212 g/mol. The van der Waals surface area contributed by atoms with Gasteiger partial charge < -0.3 is 10.2 Å². The van der Waals surface area contributed by atoms with Crippen LogP contribution in [-0.4, -0.2) is 25.4 Å². The molecule has 0 bridgehead atoms. The number of oxime groups is 1. The van der Waals surface area contributed by atoms with E-state index in [2.05, 4.69) is 38.3 Å². The van der Waals surface area contributed by atoms with E-state index in [0.29, 0.717) is 11.8 Å². The Morgan fingerprint density at radius 2 is 1.94 bits per heavy atom. The van der Waals surface area contributed by atoms with Crippen LogP contribution in [0.4, 0.5) is 0 Å².